The predicted molar refractivity (Wildman–Crippen MR) is 80.8 cm³/mol. The number of benzene rings is 1. The van der Waals surface area contributed by atoms with E-state index in [1.54, 1.807) is 12.3 Å². The largest absolute Gasteiger partial charge is 0.467 e. The Morgan fingerprint density at radius 3 is 2.95 bits per heavy atom. The molecule has 1 aromatic carbocycles. The van der Waals surface area contributed by atoms with Gasteiger partial charge in [-0.05, 0) is 49.7 Å². The van der Waals surface area contributed by atoms with Gasteiger partial charge in [0.15, 0.2) is 0 Å². The highest BCUT2D eigenvalue weighted by Gasteiger charge is 2.09. The summed E-state index contributed by atoms with van der Waals surface area (Å²) in [6.45, 7) is 3.94. The molecular formula is C16H19ClFNO2. The van der Waals surface area contributed by atoms with Crippen molar-refractivity contribution in [2.24, 2.45) is 0 Å². The molecule has 0 saturated carbocycles. The molecule has 2 rings (SSSR count). The molecule has 0 amide bonds. The third-order valence-electron chi connectivity index (χ3n) is 3.17. The summed E-state index contributed by atoms with van der Waals surface area (Å²) in [7, 11) is 0. The molecule has 3 nitrogen and oxygen atoms in total. The Bertz CT molecular complexity index is 545. The van der Waals surface area contributed by atoms with Crippen LogP contribution < -0.4 is 5.32 Å². The number of rotatable bonds is 8. The molecule has 5 heteroatoms. The van der Waals surface area contributed by atoms with E-state index < -0.39 is 0 Å². The van der Waals surface area contributed by atoms with Gasteiger partial charge < -0.3 is 14.5 Å². The lowest BCUT2D eigenvalue weighted by Crippen LogP contribution is -2.21. The van der Waals surface area contributed by atoms with Gasteiger partial charge in [-0.25, -0.2) is 4.39 Å². The Balaban J connectivity index is 1.63. The van der Waals surface area contributed by atoms with Gasteiger partial charge in [-0.2, -0.15) is 0 Å². The van der Waals surface area contributed by atoms with Gasteiger partial charge in [-0.15, -0.1) is 0 Å². The molecule has 0 radical (unpaired) electrons. The summed E-state index contributed by atoms with van der Waals surface area (Å²) in [5.41, 5.74) is 0.898. The molecule has 1 N–H and O–H groups in total. The van der Waals surface area contributed by atoms with Crippen molar-refractivity contribution in [1.82, 2.24) is 5.32 Å². The van der Waals surface area contributed by atoms with Gasteiger partial charge in [-0.1, -0.05) is 17.7 Å². The van der Waals surface area contributed by atoms with Crippen LogP contribution in [-0.2, 0) is 11.3 Å². The third-order valence-corrected chi connectivity index (χ3v) is 3.50. The van der Waals surface area contributed by atoms with Crippen molar-refractivity contribution in [3.63, 3.8) is 0 Å². The number of ether oxygens (including phenoxy) is 1. The van der Waals surface area contributed by atoms with Gasteiger partial charge in [0, 0.05) is 17.7 Å². The number of halogens is 2. The Morgan fingerprint density at radius 1 is 1.38 bits per heavy atom. The van der Waals surface area contributed by atoms with Gasteiger partial charge in [0.1, 0.15) is 18.2 Å². The van der Waals surface area contributed by atoms with Crippen molar-refractivity contribution >= 4 is 11.6 Å². The van der Waals surface area contributed by atoms with Crippen molar-refractivity contribution < 1.29 is 13.5 Å². The smallest absolute Gasteiger partial charge is 0.129 e. The number of nitrogens with one attached hydrogen (secondary N) is 1. The van der Waals surface area contributed by atoms with Crippen molar-refractivity contribution in [2.45, 2.75) is 26.0 Å². The van der Waals surface area contributed by atoms with Gasteiger partial charge >= 0.3 is 0 Å². The first-order chi connectivity index (χ1) is 10.2. The molecule has 0 aliphatic heterocycles. The van der Waals surface area contributed by atoms with E-state index in [-0.39, 0.29) is 11.9 Å². The quantitative estimate of drug-likeness (QED) is 0.737. The Labute approximate surface area is 129 Å². The minimum absolute atomic E-state index is 0.0724. The van der Waals surface area contributed by atoms with Crippen molar-refractivity contribution in [2.75, 3.05) is 13.2 Å². The molecule has 1 aromatic heterocycles. The lowest BCUT2D eigenvalue weighted by atomic mass is 10.1. The number of furan rings is 1. The zero-order valence-corrected chi connectivity index (χ0v) is 12.7. The van der Waals surface area contributed by atoms with E-state index in [9.17, 15) is 4.39 Å². The Kier molecular flexibility index (Phi) is 6.23. The minimum Gasteiger partial charge on any atom is -0.467 e. The molecule has 0 bridgehead atoms. The molecular weight excluding hydrogens is 293 g/mol. The zero-order valence-electron chi connectivity index (χ0n) is 11.9. The van der Waals surface area contributed by atoms with Crippen LogP contribution in [0, 0.1) is 5.82 Å². The summed E-state index contributed by atoms with van der Waals surface area (Å²) in [4.78, 5) is 0. The molecule has 0 aliphatic rings. The Morgan fingerprint density at radius 2 is 2.24 bits per heavy atom. The second-order valence-electron chi connectivity index (χ2n) is 4.83. The first-order valence-corrected chi connectivity index (χ1v) is 7.33. The second kappa shape index (κ2) is 8.17. The fraction of sp³-hybridized carbons (Fsp3) is 0.375. The van der Waals surface area contributed by atoms with E-state index in [1.807, 2.05) is 19.1 Å². The summed E-state index contributed by atoms with van der Waals surface area (Å²) < 4.78 is 23.7. The average molecular weight is 312 g/mol. The van der Waals surface area contributed by atoms with Crippen LogP contribution in [-0.4, -0.2) is 13.2 Å². The molecule has 1 atom stereocenters. The van der Waals surface area contributed by atoms with E-state index in [4.69, 9.17) is 20.8 Å². The fourth-order valence-corrected chi connectivity index (χ4v) is 2.35. The lowest BCUT2D eigenvalue weighted by molar-refractivity contribution is 0.104. The van der Waals surface area contributed by atoms with E-state index in [0.29, 0.717) is 18.2 Å². The molecule has 0 spiro atoms. The zero-order chi connectivity index (χ0) is 15.1. The molecule has 21 heavy (non-hydrogen) atoms. The highest BCUT2D eigenvalue weighted by molar-refractivity contribution is 6.31. The van der Waals surface area contributed by atoms with Crippen LogP contribution in [0.1, 0.15) is 30.7 Å². The van der Waals surface area contributed by atoms with Crippen molar-refractivity contribution in [3.8, 4) is 0 Å². The predicted octanol–water partition coefficient (Wildman–Crippen LogP) is 4.33. The highest BCUT2D eigenvalue weighted by Crippen LogP contribution is 2.23. The van der Waals surface area contributed by atoms with E-state index >= 15 is 0 Å². The SMILES string of the molecule is CC(NCCCOCc1ccco1)c1ccc(F)cc1Cl. The van der Waals surface area contributed by atoms with Gasteiger partial charge in [0.2, 0.25) is 0 Å². The molecule has 0 fully saturated rings. The first-order valence-electron chi connectivity index (χ1n) is 6.95. The summed E-state index contributed by atoms with van der Waals surface area (Å²) in [5.74, 6) is 0.511. The second-order valence-corrected chi connectivity index (χ2v) is 5.23. The maximum atomic E-state index is 13.0. The third kappa shape index (κ3) is 5.16. The van der Waals surface area contributed by atoms with Crippen LogP contribution in [0.15, 0.2) is 41.0 Å². The summed E-state index contributed by atoms with van der Waals surface area (Å²) in [6.07, 6.45) is 2.51. The topological polar surface area (TPSA) is 34.4 Å². The average Bonchev–Trinajstić information content (AvgIpc) is 2.95. The summed E-state index contributed by atoms with van der Waals surface area (Å²) in [5, 5.41) is 3.79. The normalized spacial score (nSPS) is 12.5. The monoisotopic (exact) mass is 311 g/mol. The molecule has 1 heterocycles. The minimum atomic E-state index is -0.317. The van der Waals surface area contributed by atoms with Crippen molar-refractivity contribution in [1.29, 1.82) is 0 Å². The Hall–Kier alpha value is -1.36. The standard InChI is InChI=1S/C16H19ClFNO2/c1-12(15-6-5-13(18)10-16(15)17)19-7-3-8-20-11-14-4-2-9-21-14/h2,4-6,9-10,12,19H,3,7-8,11H2,1H3. The van der Waals surface area contributed by atoms with Crippen LogP contribution in [0.4, 0.5) is 4.39 Å². The van der Waals surface area contributed by atoms with E-state index in [2.05, 4.69) is 5.32 Å². The molecule has 0 saturated heterocycles. The van der Waals surface area contributed by atoms with Crippen LogP contribution in [0.5, 0.6) is 0 Å². The van der Waals surface area contributed by atoms with Crippen LogP contribution in [0.3, 0.4) is 0 Å². The number of hydrogen-bond donors (Lipinski definition) is 1. The summed E-state index contributed by atoms with van der Waals surface area (Å²) >= 11 is 6.03. The van der Waals surface area contributed by atoms with Crippen LogP contribution >= 0.6 is 11.6 Å². The van der Waals surface area contributed by atoms with Crippen LogP contribution in [0.25, 0.3) is 0 Å². The molecule has 2 aromatic rings. The molecule has 114 valence electrons. The van der Waals surface area contributed by atoms with Gasteiger partial charge in [0.25, 0.3) is 0 Å². The maximum absolute atomic E-state index is 13.0. The van der Waals surface area contributed by atoms with Gasteiger partial charge in [-0.3, -0.25) is 0 Å². The lowest BCUT2D eigenvalue weighted by Gasteiger charge is -2.15. The molecule has 0 aliphatic carbocycles. The number of hydrogen-bond acceptors (Lipinski definition) is 3. The fourth-order valence-electron chi connectivity index (χ4n) is 2.02. The maximum Gasteiger partial charge on any atom is 0.129 e. The van der Waals surface area contributed by atoms with Gasteiger partial charge in [0.05, 0.1) is 6.26 Å². The van der Waals surface area contributed by atoms with E-state index in [1.165, 1.54) is 12.1 Å². The first kappa shape index (κ1) is 16.0. The van der Waals surface area contributed by atoms with E-state index in [0.717, 1.165) is 24.3 Å². The van der Waals surface area contributed by atoms with Crippen molar-refractivity contribution in [3.05, 3.63) is 58.8 Å². The van der Waals surface area contributed by atoms with Crippen LogP contribution in [0.2, 0.25) is 5.02 Å². The summed E-state index contributed by atoms with van der Waals surface area (Å²) in [6, 6.07) is 8.27. The molecule has 1 unspecified atom stereocenters. The highest BCUT2D eigenvalue weighted by atomic mass is 35.5.